The van der Waals surface area contributed by atoms with Gasteiger partial charge in [0.1, 0.15) is 34.8 Å². The summed E-state index contributed by atoms with van der Waals surface area (Å²) in [6.45, 7) is 13.8. The van der Waals surface area contributed by atoms with Crippen LogP contribution in [0.1, 0.15) is 54.0 Å². The van der Waals surface area contributed by atoms with Crippen LogP contribution in [-0.4, -0.2) is 44.6 Å². The molecule has 0 aliphatic carbocycles. The molecule has 0 spiro atoms. The first-order chi connectivity index (χ1) is 17.4. The van der Waals surface area contributed by atoms with Crippen LogP contribution >= 0.6 is 11.8 Å². The molecule has 1 N–H and O–H groups in total. The lowest BCUT2D eigenvalue weighted by Gasteiger charge is -2.28. The van der Waals surface area contributed by atoms with Gasteiger partial charge in [0.05, 0.1) is 4.90 Å². The Bertz CT molecular complexity index is 1060. The highest BCUT2D eigenvalue weighted by Crippen LogP contribution is 2.31. The highest BCUT2D eigenvalue weighted by atomic mass is 32.2. The van der Waals surface area contributed by atoms with Crippen LogP contribution in [0.3, 0.4) is 0 Å². The number of amides is 1. The number of carbonyl (C=O) groups is 1. The molecular weight excluding hydrogens is 511 g/mol. The summed E-state index contributed by atoms with van der Waals surface area (Å²) in [6, 6.07) is 15.4. The van der Waals surface area contributed by atoms with Gasteiger partial charge in [-0.1, -0.05) is 24.3 Å². The van der Waals surface area contributed by atoms with Crippen molar-refractivity contribution in [3.05, 3.63) is 66.0 Å². The first kappa shape index (κ1) is 30.9. The number of nitrogens with zero attached hydrogens (tertiary/aromatic N) is 1. The Hall–Kier alpha value is -2.36. The molecule has 2 rings (SSSR count). The van der Waals surface area contributed by atoms with E-state index in [-0.39, 0.29) is 30.2 Å². The van der Waals surface area contributed by atoms with Gasteiger partial charge in [-0.15, -0.1) is 11.8 Å². The highest BCUT2D eigenvalue weighted by molar-refractivity contribution is 7.99. The predicted molar refractivity (Wildman–Crippen MR) is 150 cm³/mol. The molecule has 0 bridgehead atoms. The molecule has 0 fully saturated rings. The van der Waals surface area contributed by atoms with Crippen molar-refractivity contribution in [1.29, 1.82) is 0 Å². The molecule has 37 heavy (non-hydrogen) atoms. The molecule has 0 aliphatic rings. The molecule has 1 atom stereocenters. The van der Waals surface area contributed by atoms with Gasteiger partial charge in [0.2, 0.25) is 0 Å². The summed E-state index contributed by atoms with van der Waals surface area (Å²) in [7, 11) is -1.23. The van der Waals surface area contributed by atoms with Crippen LogP contribution in [0.4, 0.5) is 9.18 Å². The molecule has 1 unspecified atom stereocenters. The third-order valence-corrected chi connectivity index (χ3v) is 7.88. The first-order valence-electron chi connectivity index (χ1n) is 12.3. The Morgan fingerprint density at radius 2 is 1.70 bits per heavy atom. The zero-order chi connectivity index (χ0) is 27.6. The van der Waals surface area contributed by atoms with Crippen LogP contribution in [0, 0.1) is 0 Å². The summed E-state index contributed by atoms with van der Waals surface area (Å²) in [5, 5.41) is 2.51. The Labute approximate surface area is 227 Å². The van der Waals surface area contributed by atoms with Gasteiger partial charge in [-0.3, -0.25) is 0 Å². The third kappa shape index (κ3) is 10.9. The number of ether oxygens (including phenoxy) is 2. The van der Waals surface area contributed by atoms with Crippen molar-refractivity contribution >= 4 is 28.8 Å². The summed E-state index contributed by atoms with van der Waals surface area (Å²) < 4.78 is 40.4. The van der Waals surface area contributed by atoms with E-state index in [1.807, 2.05) is 80.5 Å². The second-order valence-electron chi connectivity index (χ2n) is 10.00. The predicted octanol–water partition coefficient (Wildman–Crippen LogP) is 6.88. The van der Waals surface area contributed by atoms with Gasteiger partial charge in [-0.2, -0.15) is 0 Å². The second kappa shape index (κ2) is 14.5. The van der Waals surface area contributed by atoms with Crippen LogP contribution in [0.5, 0.6) is 5.75 Å². The smallest absolute Gasteiger partial charge is 0.407 e. The van der Waals surface area contributed by atoms with E-state index >= 15 is 0 Å². The van der Waals surface area contributed by atoms with E-state index < -0.39 is 22.7 Å². The number of para-hydroxylation sites is 1. The van der Waals surface area contributed by atoms with Crippen molar-refractivity contribution in [3.63, 3.8) is 0 Å². The van der Waals surface area contributed by atoms with Crippen LogP contribution in [0.25, 0.3) is 0 Å². The number of carbonyl (C=O) groups excluding carboxylic acids is 1. The van der Waals surface area contributed by atoms with E-state index in [2.05, 4.69) is 5.32 Å². The number of hydrogen-bond donors (Lipinski definition) is 1. The van der Waals surface area contributed by atoms with Crippen molar-refractivity contribution in [3.8, 4) is 5.75 Å². The third-order valence-electron chi connectivity index (χ3n) is 4.91. The largest absolute Gasteiger partial charge is 0.488 e. The average molecular weight is 551 g/mol. The van der Waals surface area contributed by atoms with E-state index in [0.29, 0.717) is 12.4 Å². The molecule has 2 aromatic rings. The fourth-order valence-electron chi connectivity index (χ4n) is 3.42. The molecule has 0 aliphatic heterocycles. The van der Waals surface area contributed by atoms with E-state index in [4.69, 9.17) is 9.47 Å². The van der Waals surface area contributed by atoms with Crippen LogP contribution in [-0.2, 0) is 22.3 Å². The minimum absolute atomic E-state index is 0.0480. The number of benzene rings is 2. The monoisotopic (exact) mass is 550 g/mol. The minimum atomic E-state index is -1.23. The summed E-state index contributed by atoms with van der Waals surface area (Å²) in [4.78, 5) is 13.2. The van der Waals surface area contributed by atoms with E-state index in [1.54, 1.807) is 20.8 Å². The molecule has 0 radical (unpaired) electrons. The maximum atomic E-state index is 14.3. The summed E-state index contributed by atoms with van der Waals surface area (Å²) in [5.74, 6) is 0.418. The van der Waals surface area contributed by atoms with Gasteiger partial charge in [0.15, 0.2) is 0 Å². The fraction of sp³-hybridized carbons (Fsp3) is 0.464. The maximum Gasteiger partial charge on any atom is 0.407 e. The first-order valence-corrected chi connectivity index (χ1v) is 14.4. The number of rotatable bonds is 12. The number of nitrogens with one attached hydrogen (secondary N) is 1. The molecule has 2 aromatic carbocycles. The number of thioether (sulfide) groups is 1. The van der Waals surface area contributed by atoms with Crippen molar-refractivity contribution in [2.45, 2.75) is 82.5 Å². The van der Waals surface area contributed by atoms with Gasteiger partial charge < -0.3 is 14.8 Å². The van der Waals surface area contributed by atoms with E-state index in [1.165, 1.54) is 17.8 Å². The van der Waals surface area contributed by atoms with Crippen LogP contribution in [0.15, 0.2) is 70.2 Å². The lowest BCUT2D eigenvalue weighted by atomic mass is 10.2. The minimum Gasteiger partial charge on any atom is -0.488 e. The maximum absolute atomic E-state index is 14.3. The number of hydrogen-bond acceptors (Lipinski definition) is 5. The van der Waals surface area contributed by atoms with Crippen LogP contribution in [0.2, 0.25) is 0 Å². The molecule has 204 valence electrons. The standard InChI is InChI=1S/C28H39FN2O4S2/c1-20(2)31(21(3)4)37(33)24-14-12-22(13-15-24)18-34-25-10-8-9-11-26(25)36-19-23(29)16-17-30-27(32)35-28(5,6)7/h8-16,20-21H,17-19H2,1-7H3,(H,30,32)/b23-16-. The normalized spacial score (nSPS) is 13.2. The molecule has 6 nitrogen and oxygen atoms in total. The Balaban J connectivity index is 1.92. The molecule has 0 saturated carbocycles. The number of alkyl carbamates (subject to hydrolysis) is 1. The lowest BCUT2D eigenvalue weighted by molar-refractivity contribution is 0.0534. The Morgan fingerprint density at radius 1 is 1.08 bits per heavy atom. The van der Waals surface area contributed by atoms with Crippen molar-refractivity contribution < 1.29 is 22.9 Å². The van der Waals surface area contributed by atoms with Gasteiger partial charge in [-0.05, 0) is 84.4 Å². The molecular formula is C28H39FN2O4S2. The fourth-order valence-corrected chi connectivity index (χ4v) is 5.65. The molecule has 1 amide bonds. The van der Waals surface area contributed by atoms with E-state index in [0.717, 1.165) is 15.4 Å². The molecule has 0 aromatic heterocycles. The Morgan fingerprint density at radius 3 is 2.30 bits per heavy atom. The van der Waals surface area contributed by atoms with Crippen molar-refractivity contribution in [2.75, 3.05) is 12.3 Å². The Kier molecular flexibility index (Phi) is 12.1. The zero-order valence-electron chi connectivity index (χ0n) is 22.7. The van der Waals surface area contributed by atoms with Gasteiger partial charge in [0, 0.05) is 29.3 Å². The van der Waals surface area contributed by atoms with Crippen molar-refractivity contribution in [1.82, 2.24) is 9.62 Å². The molecule has 9 heteroatoms. The SMILES string of the molecule is CC(C)N(C(C)C)S(=O)c1ccc(COc2ccccc2SC/C(F)=C/CNC(=O)OC(C)(C)C)cc1. The summed E-state index contributed by atoms with van der Waals surface area (Å²) in [6.07, 6.45) is 0.741. The van der Waals surface area contributed by atoms with Crippen molar-refractivity contribution in [2.24, 2.45) is 0 Å². The zero-order valence-corrected chi connectivity index (χ0v) is 24.4. The van der Waals surface area contributed by atoms with E-state index in [9.17, 15) is 13.4 Å². The lowest BCUT2D eigenvalue weighted by Crippen LogP contribution is -2.38. The molecule has 0 heterocycles. The number of halogens is 1. The summed E-state index contributed by atoms with van der Waals surface area (Å²) in [5.41, 5.74) is 0.343. The van der Waals surface area contributed by atoms with Gasteiger partial charge >= 0.3 is 6.09 Å². The molecule has 0 saturated heterocycles. The highest BCUT2D eigenvalue weighted by Gasteiger charge is 2.21. The quantitative estimate of drug-likeness (QED) is 0.292. The topological polar surface area (TPSA) is 67.9 Å². The summed E-state index contributed by atoms with van der Waals surface area (Å²) >= 11 is 1.32. The second-order valence-corrected chi connectivity index (χ2v) is 12.4. The van der Waals surface area contributed by atoms with Gasteiger partial charge in [-0.25, -0.2) is 17.7 Å². The van der Waals surface area contributed by atoms with Gasteiger partial charge in [0.25, 0.3) is 0 Å². The average Bonchev–Trinajstić information content (AvgIpc) is 2.80. The van der Waals surface area contributed by atoms with Crippen LogP contribution < -0.4 is 10.1 Å².